The average molecular weight is 759 g/mol. The van der Waals surface area contributed by atoms with Crippen molar-refractivity contribution >= 4 is 17.8 Å². The molecule has 3 fully saturated rings. The molecule has 11 nitrogen and oxygen atoms in total. The third-order valence-corrected chi connectivity index (χ3v) is 10.7. The molecule has 3 aliphatic heterocycles. The molecule has 0 aliphatic carbocycles. The number of hydrogen-bond donors (Lipinski definition) is 2. The van der Waals surface area contributed by atoms with E-state index in [2.05, 4.69) is 32.0 Å². The lowest BCUT2D eigenvalue weighted by Crippen LogP contribution is -2.51. The first-order valence-corrected chi connectivity index (χ1v) is 18.7. The maximum absolute atomic E-state index is 13.1. The average Bonchev–Trinajstić information content (AvgIpc) is 3.71. The molecule has 1 aromatic heterocycles. The molecule has 0 radical (unpaired) electrons. The number of aliphatic hydroxyl groups is 1. The Balaban J connectivity index is 1.06. The highest BCUT2D eigenvalue weighted by Gasteiger charge is 2.47. The van der Waals surface area contributed by atoms with Crippen LogP contribution in [-0.4, -0.2) is 94.3 Å². The first-order valence-electron chi connectivity index (χ1n) is 18.7. The van der Waals surface area contributed by atoms with Gasteiger partial charge in [0.15, 0.2) is 6.29 Å². The molecule has 0 saturated carbocycles. The smallest absolute Gasteiger partial charge is 0.392 e. The number of carbonyl (C=O) groups excluding carboxylic acids is 2. The molecule has 4 aromatic rings. The zero-order valence-corrected chi connectivity index (χ0v) is 30.6. The van der Waals surface area contributed by atoms with Crippen molar-refractivity contribution in [2.45, 2.75) is 63.6 Å². The van der Waals surface area contributed by atoms with Crippen LogP contribution in [0.15, 0.2) is 91.3 Å². The molecular weight excluding hydrogens is 713 g/mol. The van der Waals surface area contributed by atoms with Crippen molar-refractivity contribution < 1.29 is 37.3 Å². The normalized spacial score (nSPS) is 23.5. The molecule has 3 aliphatic rings. The number of nitrogens with one attached hydrogen (secondary N) is 1. The number of piperazine rings is 1. The number of halogens is 3. The molecule has 0 bridgehead atoms. The summed E-state index contributed by atoms with van der Waals surface area (Å²) in [4.78, 5) is 38.9. The van der Waals surface area contributed by atoms with Crippen LogP contribution in [0.3, 0.4) is 0 Å². The number of carbonyl (C=O) groups is 2. The summed E-state index contributed by atoms with van der Waals surface area (Å²) < 4.78 is 52.8. The number of hydrogen-bond acceptors (Lipinski definition) is 9. The first-order chi connectivity index (χ1) is 26.6. The number of alkyl halides is 3. The second kappa shape index (κ2) is 16.9. The largest absolute Gasteiger partial charge is 0.471 e. The Bertz CT molecular complexity index is 1930. The van der Waals surface area contributed by atoms with E-state index >= 15 is 0 Å². The van der Waals surface area contributed by atoms with Crippen molar-refractivity contribution in [3.05, 3.63) is 114 Å². The van der Waals surface area contributed by atoms with E-state index in [1.807, 2.05) is 78.9 Å². The highest BCUT2D eigenvalue weighted by atomic mass is 19.4. The van der Waals surface area contributed by atoms with E-state index in [9.17, 15) is 27.9 Å². The van der Waals surface area contributed by atoms with Gasteiger partial charge in [-0.25, -0.2) is 9.97 Å². The van der Waals surface area contributed by atoms with Crippen LogP contribution in [0.25, 0.3) is 11.1 Å². The van der Waals surface area contributed by atoms with Gasteiger partial charge in [-0.15, -0.1) is 0 Å². The molecule has 2 amide bonds. The number of ether oxygens (including phenoxy) is 2. The molecule has 0 spiro atoms. The van der Waals surface area contributed by atoms with Crippen molar-refractivity contribution in [2.24, 2.45) is 5.92 Å². The van der Waals surface area contributed by atoms with Crippen LogP contribution >= 0.6 is 0 Å². The first kappa shape index (κ1) is 38.4. The predicted molar refractivity (Wildman–Crippen MR) is 198 cm³/mol. The molecule has 5 unspecified atom stereocenters. The van der Waals surface area contributed by atoms with Gasteiger partial charge in [0.05, 0.1) is 18.8 Å². The molecule has 290 valence electrons. The summed E-state index contributed by atoms with van der Waals surface area (Å²) >= 11 is 0. The minimum atomic E-state index is -5.03. The lowest BCUT2D eigenvalue weighted by atomic mass is 9.89. The van der Waals surface area contributed by atoms with Crippen molar-refractivity contribution in [3.63, 3.8) is 0 Å². The summed E-state index contributed by atoms with van der Waals surface area (Å²) in [7, 11) is 0. The van der Waals surface area contributed by atoms with Gasteiger partial charge in [-0.3, -0.25) is 14.5 Å². The van der Waals surface area contributed by atoms with Gasteiger partial charge in [0.2, 0.25) is 11.9 Å². The number of nitrogens with zero attached hydrogens (tertiary/aromatic N) is 5. The van der Waals surface area contributed by atoms with Gasteiger partial charge >= 0.3 is 12.1 Å². The molecule has 4 heterocycles. The van der Waals surface area contributed by atoms with Crippen LogP contribution in [0.5, 0.6) is 0 Å². The second-order valence-electron chi connectivity index (χ2n) is 14.4. The Labute approximate surface area is 318 Å². The highest BCUT2D eigenvalue weighted by molar-refractivity contribution is 5.90. The van der Waals surface area contributed by atoms with Gasteiger partial charge in [0.1, 0.15) is 6.04 Å². The van der Waals surface area contributed by atoms with E-state index in [1.165, 1.54) is 0 Å². The molecule has 5 atom stereocenters. The van der Waals surface area contributed by atoms with E-state index in [1.54, 1.807) is 12.4 Å². The summed E-state index contributed by atoms with van der Waals surface area (Å²) in [6, 6.07) is 24.0. The number of anilines is 1. The van der Waals surface area contributed by atoms with Gasteiger partial charge in [0, 0.05) is 69.7 Å². The van der Waals surface area contributed by atoms with Gasteiger partial charge in [-0.2, -0.15) is 13.2 Å². The Morgan fingerprint density at radius 3 is 2.27 bits per heavy atom. The van der Waals surface area contributed by atoms with Crippen LogP contribution in [0, 0.1) is 5.92 Å². The number of likely N-dealkylation sites (tertiary alicyclic amines) is 1. The third kappa shape index (κ3) is 8.99. The van der Waals surface area contributed by atoms with Crippen LogP contribution in [0.2, 0.25) is 0 Å². The molecule has 7 rings (SSSR count). The minimum absolute atomic E-state index is 0.0182. The third-order valence-electron chi connectivity index (χ3n) is 10.7. The standard InChI is InChI=1S/C41H45F3N6O5/c1-27-35(25-48-18-20-49(21-19-48)40-45-15-5-16-46-40)54-38(55-36(27)30-13-11-28(26-51)12-14-30)33-9-3-8-32(23-33)31-7-2-6-29(22-31)24-47-37(52)34-10-4-17-50(34)39(53)41(42,43)44/h2-3,5-9,11-16,22-23,27,34-36,38,51H,4,10,17-21,24-26H2,1H3,(H,47,52). The van der Waals surface area contributed by atoms with Gasteiger partial charge in [-0.05, 0) is 58.9 Å². The number of benzene rings is 3. The van der Waals surface area contributed by atoms with Gasteiger partial charge < -0.3 is 29.7 Å². The Morgan fingerprint density at radius 1 is 0.855 bits per heavy atom. The molecule has 2 N–H and O–H groups in total. The number of aliphatic hydroxyl groups excluding tert-OH is 1. The summed E-state index contributed by atoms with van der Waals surface area (Å²) in [6.07, 6.45) is -2.09. The van der Waals surface area contributed by atoms with E-state index in [0.717, 1.165) is 65.5 Å². The maximum atomic E-state index is 13.1. The van der Waals surface area contributed by atoms with Crippen molar-refractivity contribution in [1.29, 1.82) is 0 Å². The van der Waals surface area contributed by atoms with Crippen molar-refractivity contribution in [2.75, 3.05) is 44.2 Å². The molecule has 3 saturated heterocycles. The highest BCUT2D eigenvalue weighted by Crippen LogP contribution is 2.42. The molecule has 55 heavy (non-hydrogen) atoms. The number of rotatable bonds is 10. The van der Waals surface area contributed by atoms with Crippen molar-refractivity contribution in [3.8, 4) is 11.1 Å². The summed E-state index contributed by atoms with van der Waals surface area (Å²) in [6.45, 7) is 6.09. The van der Waals surface area contributed by atoms with E-state index in [4.69, 9.17) is 9.47 Å². The SMILES string of the molecule is CC1C(CN2CCN(c3ncccn3)CC2)OC(c2cccc(-c3cccc(CNC(=O)C4CCCN4C(=O)C(F)(F)F)c3)c2)OC1c1ccc(CO)cc1. The zero-order chi connectivity index (χ0) is 38.5. The van der Waals surface area contributed by atoms with E-state index in [-0.39, 0.29) is 44.2 Å². The van der Waals surface area contributed by atoms with Crippen molar-refractivity contribution in [1.82, 2.24) is 25.1 Å². The second-order valence-corrected chi connectivity index (χ2v) is 14.4. The lowest BCUT2D eigenvalue weighted by Gasteiger charge is -2.44. The number of aromatic nitrogens is 2. The minimum Gasteiger partial charge on any atom is -0.392 e. The predicted octanol–water partition coefficient (Wildman–Crippen LogP) is 5.42. The van der Waals surface area contributed by atoms with Crippen LogP contribution in [-0.2, 0) is 32.2 Å². The fourth-order valence-electron chi connectivity index (χ4n) is 7.65. The monoisotopic (exact) mass is 758 g/mol. The van der Waals surface area contributed by atoms with Gasteiger partial charge in [-0.1, -0.05) is 67.6 Å². The molecule has 3 aromatic carbocycles. The van der Waals surface area contributed by atoms with E-state index < -0.39 is 30.3 Å². The Kier molecular flexibility index (Phi) is 11.8. The van der Waals surface area contributed by atoms with Crippen LogP contribution < -0.4 is 10.2 Å². The zero-order valence-electron chi connectivity index (χ0n) is 30.6. The summed E-state index contributed by atoms with van der Waals surface area (Å²) in [5.41, 5.74) is 5.19. The topological polar surface area (TPSA) is 120 Å². The Hall–Kier alpha value is -4.89. The molecular formula is C41H45F3N6O5. The lowest BCUT2D eigenvalue weighted by molar-refractivity contribution is -0.276. The fourth-order valence-corrected chi connectivity index (χ4v) is 7.65. The molecule has 14 heteroatoms. The summed E-state index contributed by atoms with van der Waals surface area (Å²) in [5.74, 6) is -1.84. The Morgan fingerprint density at radius 2 is 1.56 bits per heavy atom. The van der Waals surface area contributed by atoms with Crippen LogP contribution in [0.1, 0.15) is 54.4 Å². The quantitative estimate of drug-likeness (QED) is 0.219. The van der Waals surface area contributed by atoms with Crippen LogP contribution in [0.4, 0.5) is 19.1 Å². The summed E-state index contributed by atoms with van der Waals surface area (Å²) in [5, 5.41) is 12.4. The van der Waals surface area contributed by atoms with Gasteiger partial charge in [0.25, 0.3) is 0 Å². The maximum Gasteiger partial charge on any atom is 0.471 e. The van der Waals surface area contributed by atoms with E-state index in [0.29, 0.717) is 17.9 Å². The fraction of sp³-hybridized carbons (Fsp3) is 0.415. The number of amides is 2.